The minimum Gasteiger partial charge on any atom is -0.399 e. The molecule has 0 heterocycles. The quantitative estimate of drug-likeness (QED) is 0.723. The molecule has 0 radical (unpaired) electrons. The summed E-state index contributed by atoms with van der Waals surface area (Å²) < 4.78 is 5.38. The molecule has 1 rings (SSSR count). The van der Waals surface area contributed by atoms with Crippen molar-refractivity contribution < 1.29 is 4.74 Å². The Morgan fingerprint density at radius 3 is 2.57 bits per heavy atom. The Hall–Kier alpha value is -1.22. The van der Waals surface area contributed by atoms with Crippen LogP contribution in [0.25, 0.3) is 0 Å². The summed E-state index contributed by atoms with van der Waals surface area (Å²) in [6.45, 7) is 2.12. The molecule has 0 aliphatic carbocycles. The third-order valence-electron chi connectivity index (χ3n) is 2.29. The molecule has 0 fully saturated rings. The number of rotatable bonds is 4. The van der Waals surface area contributed by atoms with Crippen LogP contribution >= 0.6 is 0 Å². The molecule has 3 nitrogen and oxygen atoms in total. The summed E-state index contributed by atoms with van der Waals surface area (Å²) in [7, 11) is 1.70. The van der Waals surface area contributed by atoms with Crippen molar-refractivity contribution in [2.24, 2.45) is 0 Å². The van der Waals surface area contributed by atoms with Crippen molar-refractivity contribution in [2.75, 3.05) is 18.6 Å². The molecule has 0 aromatic heterocycles. The van der Waals surface area contributed by atoms with E-state index in [1.807, 2.05) is 12.1 Å². The highest BCUT2D eigenvalue weighted by Gasteiger charge is 2.12. The van der Waals surface area contributed by atoms with E-state index in [0.717, 1.165) is 18.4 Å². The van der Waals surface area contributed by atoms with E-state index in [9.17, 15) is 0 Å². The van der Waals surface area contributed by atoms with Gasteiger partial charge in [0.15, 0.2) is 0 Å². The molecule has 1 aromatic rings. The Labute approximate surface area is 85.0 Å². The van der Waals surface area contributed by atoms with Crippen LogP contribution in [-0.4, -0.2) is 7.11 Å². The minimum atomic E-state index is 0.0839. The fourth-order valence-electron chi connectivity index (χ4n) is 1.55. The molecule has 0 spiro atoms. The zero-order valence-corrected chi connectivity index (χ0v) is 8.79. The molecule has 0 aliphatic heterocycles. The zero-order chi connectivity index (χ0) is 10.6. The molecular weight excluding hydrogens is 176 g/mol. The minimum absolute atomic E-state index is 0.0839. The maximum absolute atomic E-state index is 5.87. The summed E-state index contributed by atoms with van der Waals surface area (Å²) in [5.74, 6) is 0. The van der Waals surface area contributed by atoms with Gasteiger partial charge < -0.3 is 16.2 Å². The Morgan fingerprint density at radius 2 is 2.07 bits per heavy atom. The van der Waals surface area contributed by atoms with Crippen molar-refractivity contribution in [1.29, 1.82) is 0 Å². The number of hydrogen-bond donors (Lipinski definition) is 2. The predicted octanol–water partition coefficient (Wildman–Crippen LogP) is 2.34. The smallest absolute Gasteiger partial charge is 0.0840 e. The predicted molar refractivity (Wildman–Crippen MR) is 59.9 cm³/mol. The van der Waals surface area contributed by atoms with Gasteiger partial charge in [-0.15, -0.1) is 0 Å². The van der Waals surface area contributed by atoms with E-state index in [4.69, 9.17) is 16.2 Å². The fraction of sp³-hybridized carbons (Fsp3) is 0.455. The lowest BCUT2D eigenvalue weighted by Gasteiger charge is -2.17. The van der Waals surface area contributed by atoms with Crippen molar-refractivity contribution in [2.45, 2.75) is 25.9 Å². The van der Waals surface area contributed by atoms with Gasteiger partial charge in [-0.1, -0.05) is 19.4 Å². The second-order valence-corrected chi connectivity index (χ2v) is 3.40. The first kappa shape index (κ1) is 10.9. The molecule has 4 N–H and O–H groups in total. The molecule has 0 bridgehead atoms. The van der Waals surface area contributed by atoms with Gasteiger partial charge in [0, 0.05) is 24.0 Å². The van der Waals surface area contributed by atoms with Crippen LogP contribution in [0.15, 0.2) is 18.2 Å². The van der Waals surface area contributed by atoms with Crippen molar-refractivity contribution in [3.63, 3.8) is 0 Å². The van der Waals surface area contributed by atoms with Gasteiger partial charge in [0.05, 0.1) is 6.10 Å². The molecular formula is C11H18N2O. The van der Waals surface area contributed by atoms with Crippen LogP contribution in [0, 0.1) is 0 Å². The van der Waals surface area contributed by atoms with Gasteiger partial charge in [0.2, 0.25) is 0 Å². The van der Waals surface area contributed by atoms with Crippen molar-refractivity contribution in [3.8, 4) is 0 Å². The van der Waals surface area contributed by atoms with Gasteiger partial charge in [-0.05, 0) is 18.6 Å². The average Bonchev–Trinajstić information content (AvgIpc) is 2.15. The Morgan fingerprint density at radius 1 is 1.36 bits per heavy atom. The average molecular weight is 194 g/mol. The maximum Gasteiger partial charge on any atom is 0.0840 e. The number of ether oxygens (including phenoxy) is 1. The molecule has 0 amide bonds. The number of methoxy groups -OCH3 is 1. The van der Waals surface area contributed by atoms with E-state index in [1.54, 1.807) is 13.2 Å². The van der Waals surface area contributed by atoms with Gasteiger partial charge in [-0.3, -0.25) is 0 Å². The molecule has 1 unspecified atom stereocenters. The lowest BCUT2D eigenvalue weighted by atomic mass is 10.0. The summed E-state index contributed by atoms with van der Waals surface area (Å²) in [4.78, 5) is 0. The SMILES string of the molecule is CCCC(OC)c1ccc(N)cc1N. The molecule has 1 aromatic carbocycles. The number of benzene rings is 1. The van der Waals surface area contributed by atoms with Gasteiger partial charge >= 0.3 is 0 Å². The summed E-state index contributed by atoms with van der Waals surface area (Å²) >= 11 is 0. The van der Waals surface area contributed by atoms with E-state index < -0.39 is 0 Å². The zero-order valence-electron chi connectivity index (χ0n) is 8.79. The normalized spacial score (nSPS) is 12.7. The van der Waals surface area contributed by atoms with Crippen LogP contribution < -0.4 is 11.5 Å². The van der Waals surface area contributed by atoms with Gasteiger partial charge in [0.25, 0.3) is 0 Å². The summed E-state index contributed by atoms with van der Waals surface area (Å²) in [6.07, 6.45) is 2.13. The van der Waals surface area contributed by atoms with E-state index in [1.165, 1.54) is 0 Å². The molecule has 78 valence electrons. The summed E-state index contributed by atoms with van der Waals surface area (Å²) in [5.41, 5.74) is 13.9. The van der Waals surface area contributed by atoms with E-state index in [-0.39, 0.29) is 6.10 Å². The fourth-order valence-corrected chi connectivity index (χ4v) is 1.55. The van der Waals surface area contributed by atoms with Gasteiger partial charge in [0.1, 0.15) is 0 Å². The molecule has 0 saturated carbocycles. The standard InChI is InChI=1S/C11H18N2O/c1-3-4-11(14-2)9-6-5-8(12)7-10(9)13/h5-7,11H,3-4,12-13H2,1-2H3. The van der Waals surface area contributed by atoms with Crippen LogP contribution in [0.5, 0.6) is 0 Å². The lowest BCUT2D eigenvalue weighted by molar-refractivity contribution is 0.0956. The third kappa shape index (κ3) is 2.39. The second-order valence-electron chi connectivity index (χ2n) is 3.40. The molecule has 0 saturated heterocycles. The monoisotopic (exact) mass is 194 g/mol. The maximum atomic E-state index is 5.87. The van der Waals surface area contributed by atoms with Gasteiger partial charge in [-0.25, -0.2) is 0 Å². The Bertz CT molecular complexity index is 299. The molecule has 3 heteroatoms. The third-order valence-corrected chi connectivity index (χ3v) is 2.29. The first-order valence-electron chi connectivity index (χ1n) is 4.86. The van der Waals surface area contributed by atoms with Crippen LogP contribution in [0.2, 0.25) is 0 Å². The second kappa shape index (κ2) is 4.86. The molecule has 0 aliphatic rings. The number of nitrogens with two attached hydrogens (primary N) is 2. The van der Waals surface area contributed by atoms with Crippen molar-refractivity contribution in [3.05, 3.63) is 23.8 Å². The summed E-state index contributed by atoms with van der Waals surface area (Å²) in [5, 5.41) is 0. The van der Waals surface area contributed by atoms with E-state index in [2.05, 4.69) is 6.92 Å². The first-order valence-corrected chi connectivity index (χ1v) is 4.86. The topological polar surface area (TPSA) is 61.3 Å². The highest BCUT2D eigenvalue weighted by atomic mass is 16.5. The number of anilines is 2. The van der Waals surface area contributed by atoms with Crippen molar-refractivity contribution >= 4 is 11.4 Å². The lowest BCUT2D eigenvalue weighted by Crippen LogP contribution is -2.05. The summed E-state index contributed by atoms with van der Waals surface area (Å²) in [6, 6.07) is 5.57. The Kier molecular flexibility index (Phi) is 3.77. The van der Waals surface area contributed by atoms with Crippen LogP contribution in [0.1, 0.15) is 31.4 Å². The highest BCUT2D eigenvalue weighted by molar-refractivity contribution is 5.57. The largest absolute Gasteiger partial charge is 0.399 e. The van der Waals surface area contributed by atoms with Gasteiger partial charge in [-0.2, -0.15) is 0 Å². The van der Waals surface area contributed by atoms with Crippen LogP contribution in [-0.2, 0) is 4.74 Å². The van der Waals surface area contributed by atoms with E-state index in [0.29, 0.717) is 11.4 Å². The van der Waals surface area contributed by atoms with E-state index >= 15 is 0 Å². The molecule has 1 atom stereocenters. The Balaban J connectivity index is 2.92. The van der Waals surface area contributed by atoms with Crippen molar-refractivity contribution in [1.82, 2.24) is 0 Å². The highest BCUT2D eigenvalue weighted by Crippen LogP contribution is 2.28. The number of nitrogen functional groups attached to an aromatic ring is 2. The number of hydrogen-bond acceptors (Lipinski definition) is 3. The van der Waals surface area contributed by atoms with Crippen LogP contribution in [0.4, 0.5) is 11.4 Å². The molecule has 14 heavy (non-hydrogen) atoms. The van der Waals surface area contributed by atoms with Crippen LogP contribution in [0.3, 0.4) is 0 Å². The first-order chi connectivity index (χ1) is 6.69.